The Morgan fingerprint density at radius 1 is 1.16 bits per heavy atom. The molecule has 7 heteroatoms. The van der Waals surface area contributed by atoms with E-state index in [1.54, 1.807) is 36.4 Å². The molecule has 25 heavy (non-hydrogen) atoms. The average Bonchev–Trinajstić information content (AvgIpc) is 2.64. The van der Waals surface area contributed by atoms with Gasteiger partial charge in [0.2, 0.25) is 0 Å². The molecular weight excluding hydrogens is 324 g/mol. The molecule has 2 aromatic rings. The molecule has 0 saturated carbocycles. The van der Waals surface area contributed by atoms with E-state index < -0.39 is 11.2 Å². The van der Waals surface area contributed by atoms with Gasteiger partial charge >= 0.3 is 0 Å². The first-order valence-corrected chi connectivity index (χ1v) is 7.92. The molecule has 1 fully saturated rings. The second kappa shape index (κ2) is 7.42. The molecule has 3 atom stereocenters. The van der Waals surface area contributed by atoms with Crippen LogP contribution in [0.2, 0.25) is 0 Å². The monoisotopic (exact) mass is 342 g/mol. The summed E-state index contributed by atoms with van der Waals surface area (Å²) >= 11 is 0. The van der Waals surface area contributed by atoms with Gasteiger partial charge in [-0.15, -0.1) is 0 Å². The maximum absolute atomic E-state index is 12.2. The molecule has 1 heterocycles. The molecule has 2 unspecified atom stereocenters. The van der Waals surface area contributed by atoms with Crippen LogP contribution in [0.3, 0.4) is 0 Å². The van der Waals surface area contributed by atoms with Crippen LogP contribution in [0, 0.1) is 10.1 Å². The fourth-order valence-corrected chi connectivity index (χ4v) is 2.58. The molecule has 1 saturated heterocycles. The zero-order valence-electron chi connectivity index (χ0n) is 13.6. The lowest BCUT2D eigenvalue weighted by molar-refractivity contribution is -0.384. The van der Waals surface area contributed by atoms with E-state index in [9.17, 15) is 14.9 Å². The number of nitrogens with one attached hydrogen (secondary N) is 1. The number of nitrogens with zero attached hydrogens (tertiary/aromatic N) is 1. The van der Waals surface area contributed by atoms with E-state index >= 15 is 0 Å². The molecule has 1 amide bonds. The summed E-state index contributed by atoms with van der Waals surface area (Å²) < 4.78 is 11.5. The number of rotatable bonds is 4. The van der Waals surface area contributed by atoms with Gasteiger partial charge in [-0.3, -0.25) is 14.9 Å². The highest BCUT2D eigenvalue weighted by atomic mass is 16.7. The molecular formula is C18H18N2O5. The lowest BCUT2D eigenvalue weighted by Gasteiger charge is -2.35. The number of nitro groups is 1. The van der Waals surface area contributed by atoms with Gasteiger partial charge in [-0.2, -0.15) is 0 Å². The largest absolute Gasteiger partial charge is 0.346 e. The van der Waals surface area contributed by atoms with E-state index in [0.29, 0.717) is 17.7 Å². The van der Waals surface area contributed by atoms with Gasteiger partial charge < -0.3 is 14.8 Å². The van der Waals surface area contributed by atoms with E-state index in [0.717, 1.165) is 0 Å². The number of hydrogen-bond donors (Lipinski definition) is 1. The van der Waals surface area contributed by atoms with Crippen LogP contribution in [-0.2, 0) is 9.47 Å². The van der Waals surface area contributed by atoms with Crippen molar-refractivity contribution in [2.75, 3.05) is 6.61 Å². The zero-order chi connectivity index (χ0) is 17.8. The number of carbonyl (C=O) groups excluding carboxylic acids is 1. The van der Waals surface area contributed by atoms with Gasteiger partial charge in [0, 0.05) is 23.3 Å². The van der Waals surface area contributed by atoms with Crippen LogP contribution in [-0.4, -0.2) is 29.6 Å². The maximum Gasteiger partial charge on any atom is 0.269 e. The topological polar surface area (TPSA) is 90.7 Å². The second-order valence-corrected chi connectivity index (χ2v) is 5.80. The minimum atomic E-state index is -0.610. The normalized spacial score (nSPS) is 23.0. The highest BCUT2D eigenvalue weighted by molar-refractivity contribution is 5.94. The smallest absolute Gasteiger partial charge is 0.269 e. The van der Waals surface area contributed by atoms with Gasteiger partial charge in [-0.1, -0.05) is 18.2 Å². The third-order valence-corrected chi connectivity index (χ3v) is 4.06. The average molecular weight is 342 g/mol. The van der Waals surface area contributed by atoms with Crippen LogP contribution in [0.25, 0.3) is 0 Å². The van der Waals surface area contributed by atoms with Crippen molar-refractivity contribution in [3.05, 3.63) is 75.8 Å². The van der Waals surface area contributed by atoms with E-state index in [2.05, 4.69) is 5.32 Å². The molecule has 0 spiro atoms. The molecule has 1 aliphatic rings. The second-order valence-electron chi connectivity index (χ2n) is 5.80. The predicted molar refractivity (Wildman–Crippen MR) is 90.0 cm³/mol. The van der Waals surface area contributed by atoms with Crippen molar-refractivity contribution in [2.45, 2.75) is 25.4 Å². The maximum atomic E-state index is 12.2. The number of non-ortho nitro benzene ring substituents is 1. The number of amides is 1. The van der Waals surface area contributed by atoms with E-state index in [1.165, 1.54) is 12.1 Å². The highest BCUT2D eigenvalue weighted by Gasteiger charge is 2.31. The summed E-state index contributed by atoms with van der Waals surface area (Å²) in [5.74, 6) is -0.182. The first-order valence-electron chi connectivity index (χ1n) is 7.92. The van der Waals surface area contributed by atoms with Crippen molar-refractivity contribution < 1.29 is 19.2 Å². The van der Waals surface area contributed by atoms with Crippen molar-refractivity contribution in [3.8, 4) is 0 Å². The molecule has 130 valence electrons. The lowest BCUT2D eigenvalue weighted by Crippen LogP contribution is -2.50. The summed E-state index contributed by atoms with van der Waals surface area (Å²) in [6, 6.07) is 14.7. The van der Waals surface area contributed by atoms with E-state index in [-0.39, 0.29) is 23.7 Å². The lowest BCUT2D eigenvalue weighted by atomic mass is 10.1. The summed E-state index contributed by atoms with van der Waals surface area (Å²) in [7, 11) is 0. The Labute approximate surface area is 144 Å². The molecule has 0 aromatic heterocycles. The molecule has 0 bridgehead atoms. The minimum Gasteiger partial charge on any atom is -0.346 e. The van der Waals surface area contributed by atoms with Crippen LogP contribution in [0.5, 0.6) is 0 Å². The first kappa shape index (κ1) is 17.1. The van der Waals surface area contributed by atoms with Gasteiger partial charge in [0.1, 0.15) is 0 Å². The van der Waals surface area contributed by atoms with Crippen LogP contribution < -0.4 is 5.32 Å². The Hall–Kier alpha value is -2.77. The Morgan fingerprint density at radius 2 is 1.84 bits per heavy atom. The van der Waals surface area contributed by atoms with Crippen LogP contribution in [0.4, 0.5) is 5.69 Å². The van der Waals surface area contributed by atoms with Gasteiger partial charge in [0.15, 0.2) is 6.29 Å². The summed E-state index contributed by atoms with van der Waals surface area (Å²) in [5, 5.41) is 13.6. The zero-order valence-corrected chi connectivity index (χ0v) is 13.6. The standard InChI is InChI=1S/C18H18N2O5/c1-12-16(19-17(21)13-5-3-2-4-6-13)11-24-18(25-12)14-7-9-15(10-8-14)20(22)23/h2-10,12,16,18H,11H2,1H3,(H,19,21)/t12?,16?,18-/m0/s1. The predicted octanol–water partition coefficient (Wildman–Crippen LogP) is 2.83. The number of carbonyl (C=O) groups is 1. The summed E-state index contributed by atoms with van der Waals surface area (Å²) in [5.41, 5.74) is 1.29. The Balaban J connectivity index is 1.60. The van der Waals surface area contributed by atoms with Gasteiger partial charge in [-0.25, -0.2) is 0 Å². The van der Waals surface area contributed by atoms with Gasteiger partial charge in [-0.05, 0) is 31.2 Å². The van der Waals surface area contributed by atoms with Gasteiger partial charge in [0.05, 0.1) is 23.7 Å². The highest BCUT2D eigenvalue weighted by Crippen LogP contribution is 2.27. The molecule has 1 aliphatic heterocycles. The van der Waals surface area contributed by atoms with Crippen LogP contribution >= 0.6 is 0 Å². The van der Waals surface area contributed by atoms with E-state index in [1.807, 2.05) is 13.0 Å². The number of nitro benzene ring substituents is 1. The summed E-state index contributed by atoms with van der Waals surface area (Å²) in [6.07, 6.45) is -0.873. The van der Waals surface area contributed by atoms with Crippen molar-refractivity contribution in [3.63, 3.8) is 0 Å². The van der Waals surface area contributed by atoms with Crippen molar-refractivity contribution in [2.24, 2.45) is 0 Å². The molecule has 3 rings (SSSR count). The summed E-state index contributed by atoms with van der Waals surface area (Å²) in [4.78, 5) is 22.5. The SMILES string of the molecule is CC1O[C@@H](c2ccc([N+](=O)[O-])cc2)OCC1NC(=O)c1ccccc1. The molecule has 2 aromatic carbocycles. The Kier molecular flexibility index (Phi) is 5.06. The number of ether oxygens (including phenoxy) is 2. The van der Waals surface area contributed by atoms with E-state index in [4.69, 9.17) is 9.47 Å². The fraction of sp³-hybridized carbons (Fsp3) is 0.278. The third-order valence-electron chi connectivity index (χ3n) is 4.06. The molecule has 0 aliphatic carbocycles. The van der Waals surface area contributed by atoms with Crippen LogP contribution in [0.15, 0.2) is 54.6 Å². The quantitative estimate of drug-likeness (QED) is 0.681. The molecule has 7 nitrogen and oxygen atoms in total. The molecule has 1 N–H and O–H groups in total. The number of hydrogen-bond acceptors (Lipinski definition) is 5. The Bertz CT molecular complexity index is 748. The summed E-state index contributed by atoms with van der Waals surface area (Å²) in [6.45, 7) is 2.15. The van der Waals surface area contributed by atoms with Crippen molar-refractivity contribution in [1.29, 1.82) is 0 Å². The fourth-order valence-electron chi connectivity index (χ4n) is 2.58. The Morgan fingerprint density at radius 3 is 2.44 bits per heavy atom. The first-order chi connectivity index (χ1) is 12.0. The van der Waals surface area contributed by atoms with Crippen molar-refractivity contribution >= 4 is 11.6 Å². The van der Waals surface area contributed by atoms with Gasteiger partial charge in [0.25, 0.3) is 11.6 Å². The van der Waals surface area contributed by atoms with Crippen LogP contribution in [0.1, 0.15) is 29.1 Å². The number of benzene rings is 2. The molecule has 0 radical (unpaired) electrons. The van der Waals surface area contributed by atoms with Crippen molar-refractivity contribution in [1.82, 2.24) is 5.32 Å². The minimum absolute atomic E-state index is 0.0145. The third kappa shape index (κ3) is 4.01.